The molecule has 6 nitrogen and oxygen atoms in total. The molecule has 0 bridgehead atoms. The van der Waals surface area contributed by atoms with E-state index in [-0.39, 0.29) is 11.5 Å². The lowest BCUT2D eigenvalue weighted by Gasteiger charge is -2.08. The number of aromatic nitrogens is 3. The first kappa shape index (κ1) is 14.9. The molecule has 1 aromatic carbocycles. The van der Waals surface area contributed by atoms with Gasteiger partial charge in [-0.05, 0) is 25.1 Å². The Morgan fingerprint density at radius 1 is 1.45 bits per heavy atom. The molecule has 2 aromatic rings. The Labute approximate surface area is 128 Å². The van der Waals surface area contributed by atoms with Crippen LogP contribution in [0.4, 0.5) is 0 Å². The molecular weight excluding hydrogens is 346 g/mol. The highest BCUT2D eigenvalue weighted by Crippen LogP contribution is 2.32. The summed E-state index contributed by atoms with van der Waals surface area (Å²) >= 11 is 4.38. The van der Waals surface area contributed by atoms with E-state index in [0.717, 1.165) is 16.2 Å². The van der Waals surface area contributed by atoms with Gasteiger partial charge in [0, 0.05) is 11.0 Å². The van der Waals surface area contributed by atoms with Crippen molar-refractivity contribution in [3.63, 3.8) is 0 Å². The molecule has 0 saturated heterocycles. The molecule has 0 aliphatic rings. The summed E-state index contributed by atoms with van der Waals surface area (Å²) in [4.78, 5) is 10.6. The van der Waals surface area contributed by atoms with Crippen LogP contribution in [0.3, 0.4) is 0 Å². The van der Waals surface area contributed by atoms with Crippen LogP contribution in [-0.2, 0) is 11.3 Å². The van der Waals surface area contributed by atoms with E-state index >= 15 is 0 Å². The van der Waals surface area contributed by atoms with Crippen molar-refractivity contribution in [1.29, 1.82) is 0 Å². The number of nitrogens with zero attached hydrogens (tertiary/aromatic N) is 3. The van der Waals surface area contributed by atoms with E-state index in [1.54, 1.807) is 22.8 Å². The fourth-order valence-electron chi connectivity index (χ4n) is 1.70. The zero-order valence-corrected chi connectivity index (χ0v) is 13.0. The lowest BCUT2D eigenvalue weighted by Crippen LogP contribution is -2.03. The zero-order chi connectivity index (χ0) is 14.7. The van der Waals surface area contributed by atoms with Crippen molar-refractivity contribution in [2.24, 2.45) is 0 Å². The second-order valence-electron chi connectivity index (χ2n) is 3.89. The lowest BCUT2D eigenvalue weighted by molar-refractivity contribution is -0.133. The summed E-state index contributed by atoms with van der Waals surface area (Å²) in [5, 5.41) is 27.3. The van der Waals surface area contributed by atoms with E-state index in [0.29, 0.717) is 23.1 Å². The van der Waals surface area contributed by atoms with E-state index in [2.05, 4.69) is 26.1 Å². The van der Waals surface area contributed by atoms with Crippen LogP contribution in [0.5, 0.6) is 5.75 Å². The van der Waals surface area contributed by atoms with Gasteiger partial charge in [0.1, 0.15) is 5.75 Å². The van der Waals surface area contributed by atoms with Gasteiger partial charge in [0.2, 0.25) is 0 Å². The summed E-state index contributed by atoms with van der Waals surface area (Å²) in [6.07, 6.45) is 0. The first-order valence-electron chi connectivity index (χ1n) is 5.79. The minimum atomic E-state index is -0.909. The number of phenolic OH excluding ortho intramolecular Hbond substituents is 1. The minimum Gasteiger partial charge on any atom is -0.507 e. The SMILES string of the molecule is CCn1c(SCC(=O)O)nnc1-c1ccc(Br)cc1O. The van der Waals surface area contributed by atoms with Gasteiger partial charge in [-0.15, -0.1) is 10.2 Å². The smallest absolute Gasteiger partial charge is 0.313 e. The number of aliphatic carboxylic acids is 1. The van der Waals surface area contributed by atoms with Gasteiger partial charge in [-0.3, -0.25) is 4.79 Å². The van der Waals surface area contributed by atoms with Crippen molar-refractivity contribution >= 4 is 33.7 Å². The van der Waals surface area contributed by atoms with E-state index in [1.807, 2.05) is 6.92 Å². The first-order valence-corrected chi connectivity index (χ1v) is 7.57. The molecule has 0 unspecified atom stereocenters. The summed E-state index contributed by atoms with van der Waals surface area (Å²) < 4.78 is 2.54. The van der Waals surface area contributed by atoms with Crippen LogP contribution in [0.1, 0.15) is 6.92 Å². The van der Waals surface area contributed by atoms with Gasteiger partial charge in [-0.25, -0.2) is 0 Å². The van der Waals surface area contributed by atoms with Crippen molar-refractivity contribution in [2.45, 2.75) is 18.6 Å². The summed E-state index contributed by atoms with van der Waals surface area (Å²) in [7, 11) is 0. The Bertz CT molecular complexity index is 645. The zero-order valence-electron chi connectivity index (χ0n) is 10.6. The molecule has 0 aliphatic carbocycles. The van der Waals surface area contributed by atoms with Crippen molar-refractivity contribution in [3.8, 4) is 17.1 Å². The normalized spacial score (nSPS) is 10.7. The molecule has 1 heterocycles. The number of carboxylic acids is 1. The molecule has 0 atom stereocenters. The molecule has 0 amide bonds. The number of thioether (sulfide) groups is 1. The summed E-state index contributed by atoms with van der Waals surface area (Å²) in [5.74, 6) is -0.375. The van der Waals surface area contributed by atoms with Crippen LogP contribution in [0.2, 0.25) is 0 Å². The first-order chi connectivity index (χ1) is 9.52. The van der Waals surface area contributed by atoms with Gasteiger partial charge < -0.3 is 14.8 Å². The topological polar surface area (TPSA) is 88.2 Å². The minimum absolute atomic E-state index is 0.0789. The number of halogens is 1. The van der Waals surface area contributed by atoms with Gasteiger partial charge in [0.15, 0.2) is 11.0 Å². The number of hydrogen-bond donors (Lipinski definition) is 2. The Kier molecular flexibility index (Phi) is 4.66. The van der Waals surface area contributed by atoms with E-state index in [1.165, 1.54) is 0 Å². The number of benzene rings is 1. The third-order valence-corrected chi connectivity index (χ3v) is 4.00. The van der Waals surface area contributed by atoms with Crippen LogP contribution in [-0.4, -0.2) is 36.7 Å². The summed E-state index contributed by atoms with van der Waals surface area (Å²) in [6, 6.07) is 5.11. The highest BCUT2D eigenvalue weighted by Gasteiger charge is 2.16. The highest BCUT2D eigenvalue weighted by molar-refractivity contribution is 9.10. The third kappa shape index (κ3) is 3.13. The second kappa shape index (κ2) is 6.27. The predicted molar refractivity (Wildman–Crippen MR) is 78.9 cm³/mol. The van der Waals surface area contributed by atoms with Gasteiger partial charge in [-0.1, -0.05) is 27.7 Å². The molecular formula is C12H12BrN3O3S. The molecule has 1 aromatic heterocycles. The van der Waals surface area contributed by atoms with Crippen LogP contribution in [0.15, 0.2) is 27.8 Å². The Hall–Kier alpha value is -1.54. The standard InChI is InChI=1S/C12H12BrN3O3S/c1-2-16-11(8-4-3-7(13)5-9(8)17)14-15-12(16)20-6-10(18)19/h3-5,17H,2,6H2,1H3,(H,18,19). The number of hydrogen-bond acceptors (Lipinski definition) is 5. The summed E-state index contributed by atoms with van der Waals surface area (Å²) in [6.45, 7) is 2.49. The van der Waals surface area contributed by atoms with Crippen LogP contribution in [0, 0.1) is 0 Å². The molecule has 20 heavy (non-hydrogen) atoms. The number of carboxylic acid groups (broad SMARTS) is 1. The molecule has 0 spiro atoms. The quantitative estimate of drug-likeness (QED) is 0.799. The van der Waals surface area contributed by atoms with Gasteiger partial charge in [0.25, 0.3) is 0 Å². The van der Waals surface area contributed by atoms with Gasteiger partial charge >= 0.3 is 5.97 Å². The largest absolute Gasteiger partial charge is 0.507 e. The Morgan fingerprint density at radius 2 is 2.20 bits per heavy atom. The molecule has 0 radical (unpaired) electrons. The number of carbonyl (C=O) groups is 1. The monoisotopic (exact) mass is 357 g/mol. The van der Waals surface area contributed by atoms with E-state index < -0.39 is 5.97 Å². The fraction of sp³-hybridized carbons (Fsp3) is 0.250. The number of aromatic hydroxyl groups is 1. The average Bonchev–Trinajstić information content (AvgIpc) is 2.79. The third-order valence-electron chi connectivity index (χ3n) is 2.56. The second-order valence-corrected chi connectivity index (χ2v) is 5.75. The summed E-state index contributed by atoms with van der Waals surface area (Å²) in [5.41, 5.74) is 0.560. The average molecular weight is 358 g/mol. The van der Waals surface area contributed by atoms with Gasteiger partial charge in [-0.2, -0.15) is 0 Å². The lowest BCUT2D eigenvalue weighted by atomic mass is 10.2. The van der Waals surface area contributed by atoms with Crippen molar-refractivity contribution in [1.82, 2.24) is 14.8 Å². The van der Waals surface area contributed by atoms with E-state index in [9.17, 15) is 9.90 Å². The predicted octanol–water partition coefficient (Wildman–Crippen LogP) is 2.61. The van der Waals surface area contributed by atoms with Gasteiger partial charge in [0.05, 0.1) is 11.3 Å². The molecule has 0 aliphatic heterocycles. The number of phenols is 1. The molecule has 8 heteroatoms. The number of rotatable bonds is 5. The van der Waals surface area contributed by atoms with E-state index in [4.69, 9.17) is 5.11 Å². The highest BCUT2D eigenvalue weighted by atomic mass is 79.9. The van der Waals surface area contributed by atoms with Crippen LogP contribution < -0.4 is 0 Å². The Balaban J connectivity index is 2.39. The molecule has 0 saturated carbocycles. The molecule has 106 valence electrons. The van der Waals surface area contributed by atoms with Crippen molar-refractivity contribution in [3.05, 3.63) is 22.7 Å². The fourth-order valence-corrected chi connectivity index (χ4v) is 2.77. The molecule has 2 rings (SSSR count). The maximum Gasteiger partial charge on any atom is 0.313 e. The van der Waals surface area contributed by atoms with Crippen LogP contribution in [0.25, 0.3) is 11.4 Å². The van der Waals surface area contributed by atoms with Crippen molar-refractivity contribution < 1.29 is 15.0 Å². The molecule has 0 fully saturated rings. The maximum absolute atomic E-state index is 10.6. The van der Waals surface area contributed by atoms with Crippen molar-refractivity contribution in [2.75, 3.05) is 5.75 Å². The molecule has 2 N–H and O–H groups in total. The van der Waals surface area contributed by atoms with Crippen LogP contribution >= 0.6 is 27.7 Å². The Morgan fingerprint density at radius 3 is 2.80 bits per heavy atom. The maximum atomic E-state index is 10.6.